The van der Waals surface area contributed by atoms with E-state index in [1.165, 1.54) is 122 Å². The Labute approximate surface area is 367 Å². The van der Waals surface area contributed by atoms with Crippen LogP contribution >= 0.6 is 0 Å². The number of ether oxygens (including phenoxy) is 2. The molecule has 6 heteroatoms. The number of carbonyl (C=O) groups excluding carboxylic acids is 2. The van der Waals surface area contributed by atoms with Gasteiger partial charge in [-0.3, -0.25) is 4.79 Å². The Bertz CT molecular complexity index is 2230. The number of esters is 2. The van der Waals surface area contributed by atoms with Gasteiger partial charge in [-0.15, -0.1) is 0 Å². The van der Waals surface area contributed by atoms with Gasteiger partial charge in [-0.2, -0.15) is 4.58 Å². The second kappa shape index (κ2) is 21.4. The number of fused-ring (bicyclic) bond motifs is 6. The van der Waals surface area contributed by atoms with Crippen molar-refractivity contribution in [1.82, 2.24) is 0 Å². The van der Waals surface area contributed by atoms with Crippen molar-refractivity contribution in [3.8, 4) is 0 Å². The van der Waals surface area contributed by atoms with Crippen LogP contribution < -0.4 is 4.90 Å². The Morgan fingerprint density at radius 3 is 1.87 bits per heavy atom. The molecule has 2 heterocycles. The molecule has 0 aliphatic carbocycles. The van der Waals surface area contributed by atoms with Crippen LogP contribution in [0.15, 0.2) is 96.7 Å². The van der Waals surface area contributed by atoms with Crippen molar-refractivity contribution in [2.45, 2.75) is 161 Å². The highest BCUT2D eigenvalue weighted by atomic mass is 16.5. The second-order valence-corrected chi connectivity index (χ2v) is 18.5. The molecule has 4 aromatic rings. The molecule has 1 atom stereocenters. The van der Waals surface area contributed by atoms with Crippen molar-refractivity contribution in [3.63, 3.8) is 0 Å². The summed E-state index contributed by atoms with van der Waals surface area (Å²) in [6.45, 7) is 12.6. The molecule has 0 aromatic heterocycles. The molecule has 0 spiro atoms. The lowest BCUT2D eigenvalue weighted by Gasteiger charge is -2.32. The van der Waals surface area contributed by atoms with E-state index < -0.39 is 6.04 Å². The number of hydrogen-bond donors (Lipinski definition) is 0. The fourth-order valence-electron chi connectivity index (χ4n) is 10.3. The average Bonchev–Trinajstić information content (AvgIpc) is 3.63. The van der Waals surface area contributed by atoms with E-state index in [2.05, 4.69) is 135 Å². The predicted octanol–water partition coefficient (Wildman–Crippen LogP) is 14.0. The highest BCUT2D eigenvalue weighted by Gasteiger charge is 2.47. The minimum atomic E-state index is -0.412. The third-order valence-corrected chi connectivity index (χ3v) is 13.6. The van der Waals surface area contributed by atoms with Crippen LogP contribution in [0.4, 0.5) is 11.4 Å². The Kier molecular flexibility index (Phi) is 16.1. The van der Waals surface area contributed by atoms with E-state index in [0.29, 0.717) is 6.42 Å². The molecule has 0 saturated heterocycles. The van der Waals surface area contributed by atoms with Gasteiger partial charge in [0, 0.05) is 47.3 Å². The Morgan fingerprint density at radius 2 is 1.23 bits per heavy atom. The van der Waals surface area contributed by atoms with Gasteiger partial charge in [0.2, 0.25) is 5.69 Å². The number of nitrogens with zero attached hydrogens (tertiary/aromatic N) is 2. The summed E-state index contributed by atoms with van der Waals surface area (Å²) in [4.78, 5) is 27.7. The first kappa shape index (κ1) is 45.8. The van der Waals surface area contributed by atoms with Crippen LogP contribution in [0.5, 0.6) is 0 Å². The van der Waals surface area contributed by atoms with E-state index in [1.54, 1.807) is 0 Å². The van der Waals surface area contributed by atoms with Crippen LogP contribution in [-0.4, -0.2) is 49.0 Å². The van der Waals surface area contributed by atoms with E-state index >= 15 is 0 Å². The second-order valence-electron chi connectivity index (χ2n) is 18.5. The minimum absolute atomic E-state index is 0.104. The van der Waals surface area contributed by atoms with Crippen LogP contribution in [0.25, 0.3) is 21.5 Å². The molecule has 4 aromatic carbocycles. The molecule has 0 saturated carbocycles. The molecule has 0 amide bonds. The number of carbonyl (C=O) groups is 2. The highest BCUT2D eigenvalue weighted by Crippen LogP contribution is 2.52. The maximum absolute atomic E-state index is 13.9. The molecular formula is C55H73N2O4+. The molecule has 0 radical (unpaired) electrons. The number of anilines is 1. The summed E-state index contributed by atoms with van der Waals surface area (Å²) in [5.74, 6) is -0.275. The fourth-order valence-corrected chi connectivity index (χ4v) is 10.3. The Morgan fingerprint density at radius 1 is 0.656 bits per heavy atom. The topological polar surface area (TPSA) is 58.8 Å². The zero-order valence-corrected chi connectivity index (χ0v) is 38.5. The molecule has 6 rings (SSSR count). The van der Waals surface area contributed by atoms with Gasteiger partial charge in [0.05, 0.1) is 19.6 Å². The molecule has 326 valence electrons. The SMILES string of the molecule is CCCCCCCCCC(C(=O)OC)N1/C(=C\C=C\C2=[N+](CCCCCCCCCCC(=O)OC)c3ccc4ccccc4c3C2(C)C)C(C)(C)c2c1ccc1ccccc21. The first-order valence-electron chi connectivity index (χ1n) is 23.6. The van der Waals surface area contributed by atoms with Gasteiger partial charge in [0.1, 0.15) is 12.6 Å². The van der Waals surface area contributed by atoms with Gasteiger partial charge in [0.25, 0.3) is 0 Å². The number of benzene rings is 4. The predicted molar refractivity (Wildman–Crippen MR) is 255 cm³/mol. The molecule has 2 aliphatic heterocycles. The summed E-state index contributed by atoms with van der Waals surface area (Å²) in [6, 6.07) is 26.1. The van der Waals surface area contributed by atoms with Gasteiger partial charge < -0.3 is 14.4 Å². The van der Waals surface area contributed by atoms with Crippen molar-refractivity contribution in [1.29, 1.82) is 0 Å². The summed E-state index contributed by atoms with van der Waals surface area (Å²) in [7, 11) is 3.00. The van der Waals surface area contributed by atoms with Gasteiger partial charge in [0.15, 0.2) is 5.71 Å². The van der Waals surface area contributed by atoms with E-state index in [1.807, 2.05) is 0 Å². The zero-order chi connectivity index (χ0) is 43.4. The van der Waals surface area contributed by atoms with Crippen LogP contribution in [0.3, 0.4) is 0 Å². The number of rotatable bonds is 23. The lowest BCUT2D eigenvalue weighted by Crippen LogP contribution is -2.42. The Balaban J connectivity index is 1.30. The molecule has 2 aliphatic rings. The summed E-state index contributed by atoms with van der Waals surface area (Å²) < 4.78 is 13.0. The minimum Gasteiger partial charge on any atom is -0.469 e. The Hall–Kier alpha value is -4.71. The van der Waals surface area contributed by atoms with Crippen LogP contribution in [0, 0.1) is 0 Å². The van der Waals surface area contributed by atoms with Gasteiger partial charge in [-0.25, -0.2) is 4.79 Å². The summed E-state index contributed by atoms with van der Waals surface area (Å²) in [5.41, 5.74) is 6.94. The molecule has 0 fully saturated rings. The van der Waals surface area contributed by atoms with Crippen molar-refractivity contribution in [2.24, 2.45) is 0 Å². The highest BCUT2D eigenvalue weighted by molar-refractivity contribution is 6.08. The van der Waals surface area contributed by atoms with Gasteiger partial charge in [-0.05, 0) is 78.4 Å². The quantitative estimate of drug-likeness (QED) is 0.0423. The summed E-state index contributed by atoms with van der Waals surface area (Å²) in [5, 5.41) is 5.05. The van der Waals surface area contributed by atoms with E-state index in [0.717, 1.165) is 56.5 Å². The molecule has 0 bridgehead atoms. The standard InChI is InChI=1S/C55H73N2O4/c1-8-9-10-11-14-17-20-32-47(53(59)61-7)57-46-39-37-42-29-23-25-31-44(42)52(46)55(4,5)49(57)34-27-33-48-54(2,3)51-43-30-24-22-28-41(43)36-38-45(51)56(48)40-26-19-16-13-12-15-18-21-35-50(58)60-6/h22-25,27-31,33-34,36-39,47H,8-21,26,32,35,40H2,1-7H3/q+1. The average molecular weight is 826 g/mol. The van der Waals surface area contributed by atoms with E-state index in [4.69, 9.17) is 9.47 Å². The number of hydrogen-bond acceptors (Lipinski definition) is 5. The number of unbranched alkanes of at least 4 members (excludes halogenated alkanes) is 13. The third-order valence-electron chi connectivity index (χ3n) is 13.6. The third kappa shape index (κ3) is 10.3. The largest absolute Gasteiger partial charge is 0.469 e. The van der Waals surface area contributed by atoms with Crippen molar-refractivity contribution in [2.75, 3.05) is 25.7 Å². The van der Waals surface area contributed by atoms with Gasteiger partial charge in [-0.1, -0.05) is 158 Å². The van der Waals surface area contributed by atoms with Crippen LogP contribution in [0.2, 0.25) is 0 Å². The maximum atomic E-state index is 13.9. The molecular weight excluding hydrogens is 753 g/mol. The summed E-state index contributed by atoms with van der Waals surface area (Å²) >= 11 is 0. The van der Waals surface area contributed by atoms with Crippen molar-refractivity contribution >= 4 is 50.6 Å². The lowest BCUT2D eigenvalue weighted by molar-refractivity contribution is -0.438. The molecule has 0 N–H and O–H groups in total. The maximum Gasteiger partial charge on any atom is 0.328 e. The van der Waals surface area contributed by atoms with Crippen LogP contribution in [-0.2, 0) is 29.9 Å². The molecule has 6 nitrogen and oxygen atoms in total. The van der Waals surface area contributed by atoms with Gasteiger partial charge >= 0.3 is 11.9 Å². The number of allylic oxidation sites excluding steroid dienone is 4. The van der Waals surface area contributed by atoms with E-state index in [9.17, 15) is 9.59 Å². The normalized spacial score (nSPS) is 16.5. The first-order chi connectivity index (χ1) is 29.6. The smallest absolute Gasteiger partial charge is 0.328 e. The van der Waals surface area contributed by atoms with Crippen molar-refractivity contribution in [3.05, 3.63) is 108 Å². The number of methoxy groups -OCH3 is 2. The van der Waals surface area contributed by atoms with Crippen molar-refractivity contribution < 1.29 is 23.6 Å². The fraction of sp³-hybridized carbons (Fsp3) is 0.509. The first-order valence-corrected chi connectivity index (χ1v) is 23.6. The molecule has 1 unspecified atom stereocenters. The van der Waals surface area contributed by atoms with Crippen LogP contribution in [0.1, 0.15) is 155 Å². The lowest BCUT2D eigenvalue weighted by atomic mass is 9.79. The molecule has 61 heavy (non-hydrogen) atoms. The van der Waals surface area contributed by atoms with E-state index in [-0.39, 0.29) is 22.8 Å². The summed E-state index contributed by atoms with van der Waals surface area (Å²) in [6.07, 6.45) is 25.7. The zero-order valence-electron chi connectivity index (χ0n) is 38.5. The monoisotopic (exact) mass is 826 g/mol.